The molecule has 0 unspecified atom stereocenters. The molecular formula is C11H12N4O4. The second kappa shape index (κ2) is 4.92. The number of nitrogens with one attached hydrogen (secondary N) is 2. The topological polar surface area (TPSA) is 121 Å². The molecule has 0 aromatic carbocycles. The van der Waals surface area contributed by atoms with Crippen molar-refractivity contribution in [2.45, 2.75) is 20.4 Å². The lowest BCUT2D eigenvalue weighted by molar-refractivity contribution is 0.0685. The molecule has 2 aromatic heterocycles. The van der Waals surface area contributed by atoms with Crippen LogP contribution in [-0.2, 0) is 6.54 Å². The second-order valence-corrected chi connectivity index (χ2v) is 3.86. The summed E-state index contributed by atoms with van der Waals surface area (Å²) in [5.41, 5.74) is 0.319. The maximum absolute atomic E-state index is 11.8. The Kier molecular flexibility index (Phi) is 3.32. The van der Waals surface area contributed by atoms with Crippen LogP contribution in [0.15, 0.2) is 10.7 Å². The average molecular weight is 264 g/mol. The molecule has 8 nitrogen and oxygen atoms in total. The van der Waals surface area contributed by atoms with Crippen LogP contribution in [0, 0.1) is 13.8 Å². The summed E-state index contributed by atoms with van der Waals surface area (Å²) < 4.78 is 5.29. The van der Waals surface area contributed by atoms with Gasteiger partial charge < -0.3 is 19.8 Å². The van der Waals surface area contributed by atoms with Crippen LogP contribution in [-0.4, -0.2) is 31.9 Å². The van der Waals surface area contributed by atoms with Crippen molar-refractivity contribution >= 4 is 11.9 Å². The first-order valence-electron chi connectivity index (χ1n) is 5.46. The number of H-pyrrole nitrogens is 1. The van der Waals surface area contributed by atoms with E-state index < -0.39 is 11.9 Å². The smallest absolute Gasteiger partial charge is 0.354 e. The number of aromatic carboxylic acids is 1. The standard InChI is InChI=1S/C11H12N4O4/c1-5-6(2)19-7(15-5)3-12-10(16)8-9(11(17)18)14-4-13-8/h4H,3H2,1-2H3,(H,12,16)(H,13,14)(H,17,18). The summed E-state index contributed by atoms with van der Waals surface area (Å²) in [6.07, 6.45) is 1.15. The van der Waals surface area contributed by atoms with E-state index in [1.54, 1.807) is 13.8 Å². The van der Waals surface area contributed by atoms with E-state index in [2.05, 4.69) is 20.3 Å². The number of carboxylic acids is 1. The Hall–Kier alpha value is -2.64. The normalized spacial score (nSPS) is 10.4. The number of hydrogen-bond donors (Lipinski definition) is 3. The number of aromatic amines is 1. The summed E-state index contributed by atoms with van der Waals surface area (Å²) in [5.74, 6) is -0.816. The molecule has 2 rings (SSSR count). The molecule has 1 amide bonds. The largest absolute Gasteiger partial charge is 0.477 e. The molecule has 0 saturated carbocycles. The number of aryl methyl sites for hydroxylation is 2. The zero-order chi connectivity index (χ0) is 14.0. The quantitative estimate of drug-likeness (QED) is 0.745. The molecule has 19 heavy (non-hydrogen) atoms. The Bertz CT molecular complexity index is 609. The van der Waals surface area contributed by atoms with Crippen LogP contribution in [0.5, 0.6) is 0 Å². The first-order chi connectivity index (χ1) is 8.99. The summed E-state index contributed by atoms with van der Waals surface area (Å²) >= 11 is 0. The Balaban J connectivity index is 2.05. The van der Waals surface area contributed by atoms with Gasteiger partial charge in [0, 0.05) is 0 Å². The van der Waals surface area contributed by atoms with Crippen LogP contribution in [0.2, 0.25) is 0 Å². The maximum atomic E-state index is 11.8. The van der Waals surface area contributed by atoms with Gasteiger partial charge in [-0.1, -0.05) is 0 Å². The van der Waals surface area contributed by atoms with Crippen LogP contribution in [0.4, 0.5) is 0 Å². The number of carbonyl (C=O) groups is 2. The number of hydrogen-bond acceptors (Lipinski definition) is 5. The zero-order valence-electron chi connectivity index (χ0n) is 10.4. The highest BCUT2D eigenvalue weighted by Crippen LogP contribution is 2.08. The van der Waals surface area contributed by atoms with Crippen molar-refractivity contribution in [3.05, 3.63) is 35.1 Å². The number of rotatable bonds is 4. The first-order valence-corrected chi connectivity index (χ1v) is 5.46. The average Bonchev–Trinajstić information content (AvgIpc) is 2.94. The molecule has 0 fully saturated rings. The molecule has 8 heteroatoms. The van der Waals surface area contributed by atoms with Gasteiger partial charge in [0.05, 0.1) is 18.6 Å². The zero-order valence-corrected chi connectivity index (χ0v) is 10.4. The second-order valence-electron chi connectivity index (χ2n) is 3.86. The van der Waals surface area contributed by atoms with Gasteiger partial charge in [0.2, 0.25) is 5.89 Å². The summed E-state index contributed by atoms with van der Waals surface area (Å²) in [6.45, 7) is 3.63. The molecule has 0 aliphatic carbocycles. The minimum Gasteiger partial charge on any atom is -0.477 e. The third-order valence-electron chi connectivity index (χ3n) is 2.54. The molecule has 2 aromatic rings. The third-order valence-corrected chi connectivity index (χ3v) is 2.54. The Morgan fingerprint density at radius 2 is 2.21 bits per heavy atom. The van der Waals surface area contributed by atoms with E-state index in [1.807, 2.05) is 0 Å². The lowest BCUT2D eigenvalue weighted by atomic mass is 10.3. The number of oxazole rings is 1. The minimum absolute atomic E-state index is 0.0689. The van der Waals surface area contributed by atoms with E-state index in [0.717, 1.165) is 12.0 Å². The van der Waals surface area contributed by atoms with Gasteiger partial charge >= 0.3 is 5.97 Å². The highest BCUT2D eigenvalue weighted by molar-refractivity contribution is 6.02. The molecule has 0 aliphatic rings. The Morgan fingerprint density at radius 3 is 2.79 bits per heavy atom. The number of carbonyl (C=O) groups excluding carboxylic acids is 1. The fraction of sp³-hybridized carbons (Fsp3) is 0.273. The summed E-state index contributed by atoms with van der Waals surface area (Å²) in [5, 5.41) is 11.3. The molecule has 0 radical (unpaired) electrons. The lowest BCUT2D eigenvalue weighted by Crippen LogP contribution is -2.25. The summed E-state index contributed by atoms with van der Waals surface area (Å²) in [6, 6.07) is 0. The van der Waals surface area contributed by atoms with Crippen molar-refractivity contribution in [1.82, 2.24) is 20.3 Å². The fourth-order valence-corrected chi connectivity index (χ4v) is 1.48. The lowest BCUT2D eigenvalue weighted by Gasteiger charge is -2.00. The van der Waals surface area contributed by atoms with Crippen LogP contribution in [0.1, 0.15) is 38.3 Å². The predicted octanol–water partition coefficient (Wildman–Crippen LogP) is 0.643. The number of imidazole rings is 1. The molecule has 3 N–H and O–H groups in total. The maximum Gasteiger partial charge on any atom is 0.354 e. The van der Waals surface area contributed by atoms with Crippen LogP contribution < -0.4 is 5.32 Å². The molecule has 100 valence electrons. The van der Waals surface area contributed by atoms with Crippen molar-refractivity contribution in [2.75, 3.05) is 0 Å². The summed E-state index contributed by atoms with van der Waals surface area (Å²) in [4.78, 5) is 32.8. The monoisotopic (exact) mass is 264 g/mol. The van der Waals surface area contributed by atoms with Gasteiger partial charge in [0.1, 0.15) is 5.76 Å². The van der Waals surface area contributed by atoms with Gasteiger partial charge in [-0.05, 0) is 13.8 Å². The van der Waals surface area contributed by atoms with Crippen molar-refractivity contribution in [2.24, 2.45) is 0 Å². The number of carboxylic acid groups (broad SMARTS) is 1. The molecule has 0 saturated heterocycles. The number of amides is 1. The molecule has 0 atom stereocenters. The van der Waals surface area contributed by atoms with Crippen molar-refractivity contribution in [1.29, 1.82) is 0 Å². The van der Waals surface area contributed by atoms with E-state index in [9.17, 15) is 9.59 Å². The molecule has 0 aliphatic heterocycles. The van der Waals surface area contributed by atoms with Crippen molar-refractivity contribution in [3.8, 4) is 0 Å². The van der Waals surface area contributed by atoms with Gasteiger partial charge in [-0.2, -0.15) is 0 Å². The van der Waals surface area contributed by atoms with Gasteiger partial charge in [-0.15, -0.1) is 0 Å². The van der Waals surface area contributed by atoms with E-state index in [-0.39, 0.29) is 17.9 Å². The van der Waals surface area contributed by atoms with Gasteiger partial charge in [0.15, 0.2) is 11.4 Å². The fourth-order valence-electron chi connectivity index (χ4n) is 1.48. The van der Waals surface area contributed by atoms with E-state index in [1.165, 1.54) is 0 Å². The van der Waals surface area contributed by atoms with Gasteiger partial charge in [0.25, 0.3) is 5.91 Å². The van der Waals surface area contributed by atoms with Crippen molar-refractivity contribution < 1.29 is 19.1 Å². The van der Waals surface area contributed by atoms with Crippen molar-refractivity contribution in [3.63, 3.8) is 0 Å². The highest BCUT2D eigenvalue weighted by atomic mass is 16.4. The Labute approximate surface area is 107 Å². The number of nitrogens with zero attached hydrogens (tertiary/aromatic N) is 2. The van der Waals surface area contributed by atoms with Crippen LogP contribution in [0.25, 0.3) is 0 Å². The predicted molar refractivity (Wildman–Crippen MR) is 62.7 cm³/mol. The van der Waals surface area contributed by atoms with Gasteiger partial charge in [-0.25, -0.2) is 14.8 Å². The van der Waals surface area contributed by atoms with E-state index in [0.29, 0.717) is 11.7 Å². The van der Waals surface area contributed by atoms with Gasteiger partial charge in [-0.3, -0.25) is 4.79 Å². The number of aromatic nitrogens is 3. The van der Waals surface area contributed by atoms with Crippen LogP contribution in [0.3, 0.4) is 0 Å². The molecule has 0 spiro atoms. The van der Waals surface area contributed by atoms with E-state index in [4.69, 9.17) is 9.52 Å². The first kappa shape index (κ1) is 12.8. The van der Waals surface area contributed by atoms with Crippen LogP contribution >= 0.6 is 0 Å². The highest BCUT2D eigenvalue weighted by Gasteiger charge is 2.19. The molecule has 2 heterocycles. The Morgan fingerprint density at radius 1 is 1.47 bits per heavy atom. The molecule has 0 bridgehead atoms. The summed E-state index contributed by atoms with van der Waals surface area (Å²) in [7, 11) is 0. The third kappa shape index (κ3) is 2.62. The SMILES string of the molecule is Cc1nc(CNC(=O)c2nc[nH]c2C(=O)O)oc1C. The van der Waals surface area contributed by atoms with E-state index >= 15 is 0 Å². The minimum atomic E-state index is -1.24. The molecular weight excluding hydrogens is 252 g/mol.